The van der Waals surface area contributed by atoms with E-state index < -0.39 is 23.6 Å². The number of benzene rings is 2. The molecule has 0 saturated carbocycles. The highest BCUT2D eigenvalue weighted by Gasteiger charge is 2.23. The molecule has 0 aliphatic carbocycles. The van der Waals surface area contributed by atoms with E-state index in [-0.39, 0.29) is 11.5 Å². The maximum absolute atomic E-state index is 13.8. The zero-order valence-corrected chi connectivity index (χ0v) is 13.3. The van der Waals surface area contributed by atoms with Gasteiger partial charge in [-0.1, -0.05) is 26.0 Å². The molecular weight excluding hydrogens is 312 g/mol. The molecule has 1 amide bonds. The lowest BCUT2D eigenvalue weighted by Crippen LogP contribution is -2.33. The van der Waals surface area contributed by atoms with Gasteiger partial charge in [0, 0.05) is 6.07 Å². The number of aromatic amines is 1. The van der Waals surface area contributed by atoms with Crippen molar-refractivity contribution in [3.8, 4) is 0 Å². The van der Waals surface area contributed by atoms with Gasteiger partial charge in [0.2, 0.25) is 0 Å². The molecule has 24 heavy (non-hydrogen) atoms. The van der Waals surface area contributed by atoms with Crippen LogP contribution in [0.2, 0.25) is 0 Å². The number of hydrogen-bond donors (Lipinski definition) is 2. The smallest absolute Gasteiger partial charge is 0.254 e. The minimum Gasteiger partial charge on any atom is -0.342 e. The lowest BCUT2D eigenvalue weighted by molar-refractivity contribution is 0.0919. The van der Waals surface area contributed by atoms with Gasteiger partial charge in [0.15, 0.2) is 0 Å². The van der Waals surface area contributed by atoms with Crippen molar-refractivity contribution in [1.82, 2.24) is 15.3 Å². The first kappa shape index (κ1) is 16.1. The summed E-state index contributed by atoms with van der Waals surface area (Å²) in [4.78, 5) is 20.0. The Bertz CT molecular complexity index is 856. The van der Waals surface area contributed by atoms with Crippen molar-refractivity contribution in [3.63, 3.8) is 0 Å². The molecular formula is C18H17F2N3O. The second-order valence-electron chi connectivity index (χ2n) is 5.96. The molecule has 0 unspecified atom stereocenters. The van der Waals surface area contributed by atoms with Crippen molar-refractivity contribution in [2.24, 2.45) is 5.92 Å². The summed E-state index contributed by atoms with van der Waals surface area (Å²) < 4.78 is 26.8. The van der Waals surface area contributed by atoms with Gasteiger partial charge in [0.25, 0.3) is 5.91 Å². The Hall–Kier alpha value is -2.76. The third kappa shape index (κ3) is 3.13. The van der Waals surface area contributed by atoms with Crippen LogP contribution >= 0.6 is 0 Å². The van der Waals surface area contributed by atoms with E-state index in [1.807, 2.05) is 38.1 Å². The first-order chi connectivity index (χ1) is 11.5. The number of imidazole rings is 1. The molecule has 0 radical (unpaired) electrons. The highest BCUT2D eigenvalue weighted by Crippen LogP contribution is 2.23. The second kappa shape index (κ2) is 6.39. The molecule has 1 aromatic heterocycles. The molecule has 4 nitrogen and oxygen atoms in total. The predicted molar refractivity (Wildman–Crippen MR) is 87.5 cm³/mol. The summed E-state index contributed by atoms with van der Waals surface area (Å²) in [5.74, 6) is -1.59. The number of aromatic nitrogens is 2. The van der Waals surface area contributed by atoms with Crippen LogP contribution in [0.3, 0.4) is 0 Å². The molecule has 0 aliphatic rings. The molecule has 3 aromatic rings. The Kier molecular flexibility index (Phi) is 4.29. The summed E-state index contributed by atoms with van der Waals surface area (Å²) in [5.41, 5.74) is 1.46. The summed E-state index contributed by atoms with van der Waals surface area (Å²) in [6, 6.07) is 10.00. The topological polar surface area (TPSA) is 57.8 Å². The summed E-state index contributed by atoms with van der Waals surface area (Å²) in [6.45, 7) is 3.86. The van der Waals surface area contributed by atoms with Gasteiger partial charge in [-0.3, -0.25) is 4.79 Å². The Morgan fingerprint density at radius 2 is 1.92 bits per heavy atom. The van der Waals surface area contributed by atoms with Crippen molar-refractivity contribution >= 4 is 16.9 Å². The maximum atomic E-state index is 13.8. The van der Waals surface area contributed by atoms with Crippen LogP contribution in [0.1, 0.15) is 36.1 Å². The molecule has 0 bridgehead atoms. The van der Waals surface area contributed by atoms with Crippen molar-refractivity contribution in [2.45, 2.75) is 19.9 Å². The summed E-state index contributed by atoms with van der Waals surface area (Å²) in [6.07, 6.45) is 0. The molecule has 0 saturated heterocycles. The highest BCUT2D eigenvalue weighted by atomic mass is 19.1. The maximum Gasteiger partial charge on any atom is 0.254 e. The number of rotatable bonds is 4. The van der Waals surface area contributed by atoms with Crippen molar-refractivity contribution in [1.29, 1.82) is 0 Å². The SMILES string of the molecule is CC(C)[C@@H](NC(=O)c1ccc(F)cc1F)c1nc2ccccc2[nH]1. The Balaban J connectivity index is 1.90. The van der Waals surface area contributed by atoms with Crippen molar-refractivity contribution in [2.75, 3.05) is 0 Å². The van der Waals surface area contributed by atoms with Crippen LogP contribution < -0.4 is 5.32 Å². The Morgan fingerprint density at radius 3 is 2.58 bits per heavy atom. The molecule has 0 aliphatic heterocycles. The number of para-hydroxylation sites is 2. The van der Waals surface area contributed by atoms with Gasteiger partial charge in [-0.25, -0.2) is 13.8 Å². The zero-order valence-electron chi connectivity index (χ0n) is 13.3. The number of carbonyl (C=O) groups excluding carboxylic acids is 1. The van der Waals surface area contributed by atoms with Crippen molar-refractivity contribution < 1.29 is 13.6 Å². The lowest BCUT2D eigenvalue weighted by Gasteiger charge is -2.20. The largest absolute Gasteiger partial charge is 0.342 e. The van der Waals surface area contributed by atoms with E-state index in [0.717, 1.165) is 23.2 Å². The van der Waals surface area contributed by atoms with Crippen LogP contribution in [-0.2, 0) is 0 Å². The van der Waals surface area contributed by atoms with E-state index in [0.29, 0.717) is 11.9 Å². The lowest BCUT2D eigenvalue weighted by atomic mass is 10.0. The van der Waals surface area contributed by atoms with Gasteiger partial charge in [0.05, 0.1) is 22.6 Å². The zero-order chi connectivity index (χ0) is 17.3. The van der Waals surface area contributed by atoms with Gasteiger partial charge >= 0.3 is 0 Å². The number of fused-ring (bicyclic) bond motifs is 1. The van der Waals surface area contributed by atoms with Gasteiger partial charge in [-0.15, -0.1) is 0 Å². The van der Waals surface area contributed by atoms with E-state index >= 15 is 0 Å². The molecule has 6 heteroatoms. The number of H-pyrrole nitrogens is 1. The van der Waals surface area contributed by atoms with Crippen LogP contribution in [0.4, 0.5) is 8.78 Å². The minimum absolute atomic E-state index is 0.0259. The van der Waals surface area contributed by atoms with E-state index in [9.17, 15) is 13.6 Å². The van der Waals surface area contributed by atoms with Gasteiger partial charge in [-0.2, -0.15) is 0 Å². The fourth-order valence-electron chi connectivity index (χ4n) is 2.56. The molecule has 1 heterocycles. The summed E-state index contributed by atoms with van der Waals surface area (Å²) in [5, 5.41) is 2.78. The number of amides is 1. The first-order valence-electron chi connectivity index (χ1n) is 7.66. The van der Waals surface area contributed by atoms with Crippen LogP contribution in [0.25, 0.3) is 11.0 Å². The number of hydrogen-bond acceptors (Lipinski definition) is 2. The van der Waals surface area contributed by atoms with Crippen LogP contribution in [0.5, 0.6) is 0 Å². The molecule has 2 N–H and O–H groups in total. The monoisotopic (exact) mass is 329 g/mol. The molecule has 0 spiro atoms. The van der Waals surface area contributed by atoms with E-state index in [4.69, 9.17) is 0 Å². The predicted octanol–water partition coefficient (Wildman–Crippen LogP) is 3.97. The highest BCUT2D eigenvalue weighted by molar-refractivity contribution is 5.94. The number of carbonyl (C=O) groups is 1. The molecule has 0 fully saturated rings. The number of halogens is 2. The normalized spacial score (nSPS) is 12.5. The molecule has 3 rings (SSSR count). The minimum atomic E-state index is -0.889. The standard InChI is InChI=1S/C18H17F2N3O/c1-10(2)16(17-21-14-5-3-4-6-15(14)22-17)23-18(24)12-8-7-11(19)9-13(12)20/h3-10,16H,1-2H3,(H,21,22)(H,23,24)/t16-/m1/s1. The first-order valence-corrected chi connectivity index (χ1v) is 7.66. The quantitative estimate of drug-likeness (QED) is 0.761. The third-order valence-corrected chi connectivity index (χ3v) is 3.83. The van der Waals surface area contributed by atoms with Crippen molar-refractivity contribution in [3.05, 3.63) is 65.5 Å². The molecule has 1 atom stereocenters. The average molecular weight is 329 g/mol. The summed E-state index contributed by atoms with van der Waals surface area (Å²) in [7, 11) is 0. The Labute approximate surface area is 137 Å². The van der Waals surface area contributed by atoms with Gasteiger partial charge < -0.3 is 10.3 Å². The van der Waals surface area contributed by atoms with Crippen LogP contribution in [-0.4, -0.2) is 15.9 Å². The van der Waals surface area contributed by atoms with Gasteiger partial charge in [-0.05, 0) is 30.2 Å². The summed E-state index contributed by atoms with van der Waals surface area (Å²) >= 11 is 0. The van der Waals surface area contributed by atoms with Gasteiger partial charge in [0.1, 0.15) is 17.5 Å². The number of nitrogens with one attached hydrogen (secondary N) is 2. The Morgan fingerprint density at radius 1 is 1.17 bits per heavy atom. The van der Waals surface area contributed by atoms with Crippen LogP contribution in [0, 0.1) is 17.6 Å². The second-order valence-corrected chi connectivity index (χ2v) is 5.96. The van der Waals surface area contributed by atoms with E-state index in [1.165, 1.54) is 0 Å². The fraction of sp³-hybridized carbons (Fsp3) is 0.222. The number of nitrogens with zero attached hydrogens (tertiary/aromatic N) is 1. The molecule has 2 aromatic carbocycles. The molecule has 124 valence electrons. The van der Waals surface area contributed by atoms with E-state index in [2.05, 4.69) is 15.3 Å². The third-order valence-electron chi connectivity index (χ3n) is 3.83. The van der Waals surface area contributed by atoms with E-state index in [1.54, 1.807) is 0 Å². The van der Waals surface area contributed by atoms with Crippen LogP contribution in [0.15, 0.2) is 42.5 Å². The average Bonchev–Trinajstić information content (AvgIpc) is 2.95. The fourth-order valence-corrected chi connectivity index (χ4v) is 2.56.